The van der Waals surface area contributed by atoms with Gasteiger partial charge in [0.1, 0.15) is 11.6 Å². The summed E-state index contributed by atoms with van der Waals surface area (Å²) in [4.78, 5) is 11.2. The van der Waals surface area contributed by atoms with E-state index in [1.54, 1.807) is 0 Å². The zero-order valence-electron chi connectivity index (χ0n) is 13.0. The number of aromatic nitrogens is 2. The van der Waals surface area contributed by atoms with Gasteiger partial charge in [0, 0.05) is 30.8 Å². The van der Waals surface area contributed by atoms with Crippen molar-refractivity contribution in [3.63, 3.8) is 0 Å². The second-order valence-electron chi connectivity index (χ2n) is 6.07. The molecule has 0 N–H and O–H groups in total. The highest BCUT2D eigenvalue weighted by Gasteiger charge is 2.27. The molecule has 0 spiro atoms. The van der Waals surface area contributed by atoms with E-state index in [4.69, 9.17) is 0 Å². The molecule has 1 saturated heterocycles. The van der Waals surface area contributed by atoms with E-state index in [1.165, 1.54) is 0 Å². The van der Waals surface area contributed by atoms with Crippen molar-refractivity contribution >= 4 is 5.82 Å². The fraction of sp³-hybridized carbons (Fsp3) is 0.733. The van der Waals surface area contributed by atoms with Gasteiger partial charge in [-0.25, -0.2) is 9.97 Å². The monoisotopic (exact) mass is 299 g/mol. The summed E-state index contributed by atoms with van der Waals surface area (Å²) in [5.74, 6) is 2.16. The number of ether oxygens (including phenoxy) is 1. The molecule has 0 unspecified atom stereocenters. The molecule has 1 aromatic rings. The molecular formula is C15H23F2N3O. The fourth-order valence-corrected chi connectivity index (χ4v) is 2.38. The zero-order chi connectivity index (χ0) is 15.6. The van der Waals surface area contributed by atoms with E-state index in [1.807, 2.05) is 11.0 Å². The Labute approximate surface area is 124 Å². The molecule has 4 nitrogen and oxygen atoms in total. The third-order valence-electron chi connectivity index (χ3n) is 3.62. The van der Waals surface area contributed by atoms with Crippen LogP contribution in [0.3, 0.4) is 0 Å². The molecule has 2 rings (SSSR count). The van der Waals surface area contributed by atoms with Gasteiger partial charge in [0.05, 0.1) is 6.10 Å². The summed E-state index contributed by atoms with van der Waals surface area (Å²) in [7, 11) is 0. The summed E-state index contributed by atoms with van der Waals surface area (Å²) in [5.41, 5.74) is 0.988. The van der Waals surface area contributed by atoms with Gasteiger partial charge in [-0.05, 0) is 12.3 Å². The molecule has 0 aromatic carbocycles. The smallest absolute Gasteiger partial charge is 0.345 e. The molecule has 0 radical (unpaired) electrons. The number of rotatable bonds is 5. The largest absolute Gasteiger partial charge is 0.354 e. The molecule has 0 aliphatic carbocycles. The maximum atomic E-state index is 12.3. The van der Waals surface area contributed by atoms with Crippen molar-refractivity contribution in [3.8, 4) is 0 Å². The van der Waals surface area contributed by atoms with Crippen LogP contribution in [0.15, 0.2) is 6.07 Å². The number of hydrogen-bond donors (Lipinski definition) is 0. The van der Waals surface area contributed by atoms with Gasteiger partial charge in [-0.1, -0.05) is 27.7 Å². The Morgan fingerprint density at radius 2 is 1.90 bits per heavy atom. The van der Waals surface area contributed by atoms with Gasteiger partial charge >= 0.3 is 6.61 Å². The normalized spacial score (nSPS) is 19.3. The van der Waals surface area contributed by atoms with Gasteiger partial charge in [0.2, 0.25) is 0 Å². The Kier molecular flexibility index (Phi) is 5.08. The lowest BCUT2D eigenvalue weighted by Crippen LogP contribution is -2.25. The minimum absolute atomic E-state index is 0.234. The van der Waals surface area contributed by atoms with Crippen LogP contribution in [0.4, 0.5) is 14.6 Å². The van der Waals surface area contributed by atoms with E-state index in [0.717, 1.165) is 17.3 Å². The molecule has 1 atom stereocenters. The minimum Gasteiger partial charge on any atom is -0.354 e. The number of anilines is 1. The first-order chi connectivity index (χ1) is 9.86. The second kappa shape index (κ2) is 6.64. The Hall–Kier alpha value is -1.30. The van der Waals surface area contributed by atoms with Gasteiger partial charge in [0.25, 0.3) is 0 Å². The summed E-state index contributed by atoms with van der Waals surface area (Å²) >= 11 is 0. The molecule has 118 valence electrons. The molecule has 0 bridgehead atoms. The number of halogens is 2. The van der Waals surface area contributed by atoms with Gasteiger partial charge in [0.15, 0.2) is 0 Å². The van der Waals surface area contributed by atoms with E-state index < -0.39 is 12.7 Å². The van der Waals surface area contributed by atoms with E-state index in [0.29, 0.717) is 25.4 Å². The Morgan fingerprint density at radius 3 is 2.48 bits per heavy atom. The molecule has 2 heterocycles. The Morgan fingerprint density at radius 1 is 1.19 bits per heavy atom. The number of nitrogens with zero attached hydrogens (tertiary/aromatic N) is 3. The Bertz CT molecular complexity index is 454. The van der Waals surface area contributed by atoms with Gasteiger partial charge in [-0.3, -0.25) is 0 Å². The highest BCUT2D eigenvalue weighted by Crippen LogP contribution is 2.25. The van der Waals surface area contributed by atoms with E-state index in [9.17, 15) is 8.78 Å². The first-order valence-corrected chi connectivity index (χ1v) is 7.44. The topological polar surface area (TPSA) is 38.2 Å². The van der Waals surface area contributed by atoms with Crippen LogP contribution in [0.5, 0.6) is 0 Å². The first kappa shape index (κ1) is 16.1. The predicted molar refractivity (Wildman–Crippen MR) is 77.9 cm³/mol. The highest BCUT2D eigenvalue weighted by molar-refractivity contribution is 5.42. The summed E-state index contributed by atoms with van der Waals surface area (Å²) in [6, 6.07) is 1.96. The van der Waals surface area contributed by atoms with Crippen molar-refractivity contribution in [1.82, 2.24) is 9.97 Å². The van der Waals surface area contributed by atoms with Crippen LogP contribution in [-0.4, -0.2) is 35.8 Å². The lowest BCUT2D eigenvalue weighted by molar-refractivity contribution is -0.156. The standard InChI is InChI=1S/C15H23F2N3O/c1-9(2)12-7-13(19-14(18-12)10(3)4)20-6-5-11(8-20)21-15(16)17/h7,9-11,15H,5-6,8H2,1-4H3/t11-/m0/s1. The first-order valence-electron chi connectivity index (χ1n) is 7.44. The molecule has 21 heavy (non-hydrogen) atoms. The Balaban J connectivity index is 2.19. The van der Waals surface area contributed by atoms with Crippen molar-refractivity contribution in [2.45, 2.75) is 58.7 Å². The number of alkyl halides is 2. The molecule has 6 heteroatoms. The summed E-state index contributed by atoms with van der Waals surface area (Å²) in [6.45, 7) is 6.70. The van der Waals surface area contributed by atoms with Crippen LogP contribution in [-0.2, 0) is 4.74 Å². The average Bonchev–Trinajstić information content (AvgIpc) is 2.85. The van der Waals surface area contributed by atoms with Crippen LogP contribution in [0, 0.1) is 0 Å². The van der Waals surface area contributed by atoms with Gasteiger partial charge in [-0.15, -0.1) is 0 Å². The van der Waals surface area contributed by atoms with Crippen LogP contribution in [0.25, 0.3) is 0 Å². The maximum absolute atomic E-state index is 12.3. The minimum atomic E-state index is -2.71. The van der Waals surface area contributed by atoms with E-state index >= 15 is 0 Å². The van der Waals surface area contributed by atoms with Gasteiger partial charge in [-0.2, -0.15) is 8.78 Å². The van der Waals surface area contributed by atoms with E-state index in [2.05, 4.69) is 42.4 Å². The molecule has 1 aliphatic heterocycles. The van der Waals surface area contributed by atoms with Crippen LogP contribution < -0.4 is 4.90 Å². The van der Waals surface area contributed by atoms with Crippen molar-refractivity contribution in [2.75, 3.05) is 18.0 Å². The number of hydrogen-bond acceptors (Lipinski definition) is 4. The maximum Gasteiger partial charge on any atom is 0.345 e. The molecule has 0 saturated carbocycles. The van der Waals surface area contributed by atoms with Crippen LogP contribution in [0.1, 0.15) is 57.5 Å². The molecular weight excluding hydrogens is 276 g/mol. The van der Waals surface area contributed by atoms with Crippen molar-refractivity contribution in [3.05, 3.63) is 17.6 Å². The summed E-state index contributed by atoms with van der Waals surface area (Å²) in [6.07, 6.45) is 0.174. The van der Waals surface area contributed by atoms with Crippen molar-refractivity contribution in [1.29, 1.82) is 0 Å². The molecule has 1 aromatic heterocycles. The fourth-order valence-electron chi connectivity index (χ4n) is 2.38. The SMILES string of the molecule is CC(C)c1cc(N2CC[C@H](OC(F)F)C2)nc(C(C)C)n1. The highest BCUT2D eigenvalue weighted by atomic mass is 19.3. The quantitative estimate of drug-likeness (QED) is 0.833. The predicted octanol–water partition coefficient (Wildman–Crippen LogP) is 3.54. The summed E-state index contributed by atoms with van der Waals surface area (Å²) in [5, 5.41) is 0. The average molecular weight is 299 g/mol. The zero-order valence-corrected chi connectivity index (χ0v) is 13.0. The molecule has 0 amide bonds. The van der Waals surface area contributed by atoms with Gasteiger partial charge < -0.3 is 9.64 Å². The van der Waals surface area contributed by atoms with Crippen molar-refractivity contribution in [2.24, 2.45) is 0 Å². The third kappa shape index (κ3) is 4.09. The van der Waals surface area contributed by atoms with E-state index in [-0.39, 0.29) is 5.92 Å². The lowest BCUT2D eigenvalue weighted by atomic mass is 10.1. The van der Waals surface area contributed by atoms with Crippen LogP contribution >= 0.6 is 0 Å². The van der Waals surface area contributed by atoms with Crippen LogP contribution in [0.2, 0.25) is 0 Å². The third-order valence-corrected chi connectivity index (χ3v) is 3.62. The summed E-state index contributed by atoms with van der Waals surface area (Å²) < 4.78 is 29.2. The lowest BCUT2D eigenvalue weighted by Gasteiger charge is -2.20. The second-order valence-corrected chi connectivity index (χ2v) is 6.07. The molecule has 1 fully saturated rings. The molecule has 1 aliphatic rings. The van der Waals surface area contributed by atoms with Crippen molar-refractivity contribution < 1.29 is 13.5 Å².